The molecule has 2 aliphatic rings. The SMILES string of the molecule is COc1ccc(-n2nnnc2C(F)(F)F)cc1CN1C[C@@H]2CN(C(C)C)CCN2[C@H](C(c2ccccc2)c2ccccc2)C1.Cl.Cl.Cl. The van der Waals surface area contributed by atoms with Gasteiger partial charge in [0.05, 0.1) is 12.8 Å². The second-order valence-electron chi connectivity index (χ2n) is 11.9. The van der Waals surface area contributed by atoms with Crippen molar-refractivity contribution in [2.24, 2.45) is 0 Å². The van der Waals surface area contributed by atoms with E-state index in [0.29, 0.717) is 24.4 Å². The van der Waals surface area contributed by atoms with E-state index in [9.17, 15) is 13.2 Å². The second kappa shape index (κ2) is 16.5. The van der Waals surface area contributed by atoms with Gasteiger partial charge in [-0.05, 0) is 53.6 Å². The van der Waals surface area contributed by atoms with Gasteiger partial charge in [-0.3, -0.25) is 14.7 Å². The van der Waals surface area contributed by atoms with Crippen molar-refractivity contribution < 1.29 is 17.9 Å². The van der Waals surface area contributed by atoms with Gasteiger partial charge in [-0.1, -0.05) is 60.7 Å². The van der Waals surface area contributed by atoms with Crippen molar-refractivity contribution in [3.8, 4) is 11.4 Å². The van der Waals surface area contributed by atoms with Crippen LogP contribution in [0.25, 0.3) is 5.69 Å². The van der Waals surface area contributed by atoms with Crippen LogP contribution >= 0.6 is 37.2 Å². The maximum atomic E-state index is 13.6. The molecular weight excluding hydrogens is 674 g/mol. The molecule has 0 radical (unpaired) electrons. The number of alkyl halides is 3. The van der Waals surface area contributed by atoms with Gasteiger partial charge < -0.3 is 4.74 Å². The van der Waals surface area contributed by atoms with Gasteiger partial charge in [0.25, 0.3) is 5.82 Å². The molecule has 0 spiro atoms. The van der Waals surface area contributed by atoms with E-state index in [1.54, 1.807) is 25.3 Å². The summed E-state index contributed by atoms with van der Waals surface area (Å²) in [4.78, 5) is 7.67. The molecule has 256 valence electrons. The molecule has 2 aliphatic heterocycles. The van der Waals surface area contributed by atoms with E-state index in [1.807, 2.05) is 0 Å². The highest BCUT2D eigenvalue weighted by Crippen LogP contribution is 2.37. The molecule has 0 saturated carbocycles. The largest absolute Gasteiger partial charge is 0.496 e. The Kier molecular flexibility index (Phi) is 13.5. The number of halogens is 6. The number of benzene rings is 3. The highest BCUT2D eigenvalue weighted by molar-refractivity contribution is 5.86. The van der Waals surface area contributed by atoms with Gasteiger partial charge in [0, 0.05) is 68.9 Å². The Bertz CT molecular complexity index is 1510. The van der Waals surface area contributed by atoms with E-state index in [2.05, 4.69) is 105 Å². The summed E-state index contributed by atoms with van der Waals surface area (Å²) >= 11 is 0. The Labute approximate surface area is 292 Å². The van der Waals surface area contributed by atoms with E-state index >= 15 is 0 Å². The molecule has 6 rings (SSSR count). The Morgan fingerprint density at radius 2 is 1.49 bits per heavy atom. The highest BCUT2D eigenvalue weighted by atomic mass is 35.5. The molecule has 3 aromatic carbocycles. The quantitative estimate of drug-likeness (QED) is 0.211. The minimum absolute atomic E-state index is 0. The zero-order valence-corrected chi connectivity index (χ0v) is 28.9. The standard InChI is InChI=1S/C33H38F3N7O.3ClH/c1-23(2)41-16-17-42-28(21-41)20-40(22-29(42)31(24-10-6-4-7-11-24)25-12-8-5-9-13-25)19-26-18-27(14-15-30(26)44-3)43-32(33(34,35)36)37-38-39-43;;;/h4-15,18,23,28-29,31H,16-17,19-22H2,1-3H3;3*1H/t28-,29+;;;/m1.../s1. The van der Waals surface area contributed by atoms with Crippen LogP contribution in [0.3, 0.4) is 0 Å². The van der Waals surface area contributed by atoms with Crippen molar-refractivity contribution in [2.75, 3.05) is 39.8 Å². The zero-order chi connectivity index (χ0) is 30.8. The number of nitrogens with zero attached hydrogens (tertiary/aromatic N) is 7. The third-order valence-electron chi connectivity index (χ3n) is 8.96. The number of tetrazole rings is 1. The van der Waals surface area contributed by atoms with E-state index in [-0.39, 0.29) is 54.9 Å². The fourth-order valence-corrected chi connectivity index (χ4v) is 6.89. The highest BCUT2D eigenvalue weighted by Gasteiger charge is 2.43. The summed E-state index contributed by atoms with van der Waals surface area (Å²) in [5, 5.41) is 10.2. The number of hydrogen-bond donors (Lipinski definition) is 0. The van der Waals surface area contributed by atoms with Gasteiger partial charge in [0.15, 0.2) is 0 Å². The van der Waals surface area contributed by atoms with E-state index in [0.717, 1.165) is 43.0 Å². The lowest BCUT2D eigenvalue weighted by atomic mass is 9.81. The smallest absolute Gasteiger partial charge is 0.453 e. The van der Waals surface area contributed by atoms with Gasteiger partial charge in [-0.2, -0.15) is 17.9 Å². The Hall–Kier alpha value is -2.93. The summed E-state index contributed by atoms with van der Waals surface area (Å²) < 4.78 is 47.3. The summed E-state index contributed by atoms with van der Waals surface area (Å²) in [6.07, 6.45) is -4.68. The molecule has 14 heteroatoms. The number of aromatic nitrogens is 4. The second-order valence-corrected chi connectivity index (χ2v) is 11.9. The van der Waals surface area contributed by atoms with E-state index in [1.165, 1.54) is 11.1 Å². The first-order valence-electron chi connectivity index (χ1n) is 15.1. The molecule has 0 aliphatic carbocycles. The molecule has 47 heavy (non-hydrogen) atoms. The van der Waals surface area contributed by atoms with Crippen LogP contribution < -0.4 is 4.74 Å². The van der Waals surface area contributed by atoms with Gasteiger partial charge in [0.2, 0.25) is 0 Å². The van der Waals surface area contributed by atoms with Crippen LogP contribution in [-0.2, 0) is 12.7 Å². The number of methoxy groups -OCH3 is 1. The van der Waals surface area contributed by atoms with Gasteiger partial charge in [-0.25, -0.2) is 0 Å². The summed E-state index contributed by atoms with van der Waals surface area (Å²) in [5.41, 5.74) is 3.57. The third kappa shape index (κ3) is 8.39. The van der Waals surface area contributed by atoms with Crippen molar-refractivity contribution in [3.05, 3.63) is 101 Å². The summed E-state index contributed by atoms with van der Waals surface area (Å²) in [7, 11) is 1.58. The van der Waals surface area contributed by atoms with Crippen molar-refractivity contribution >= 4 is 37.2 Å². The van der Waals surface area contributed by atoms with Crippen molar-refractivity contribution in [1.29, 1.82) is 0 Å². The Morgan fingerprint density at radius 3 is 2.06 bits per heavy atom. The van der Waals surface area contributed by atoms with Gasteiger partial charge in [-0.15, -0.1) is 42.3 Å². The molecule has 4 aromatic rings. The molecule has 3 heterocycles. The van der Waals surface area contributed by atoms with E-state index in [4.69, 9.17) is 4.74 Å². The lowest BCUT2D eigenvalue weighted by Crippen LogP contribution is -2.67. The monoisotopic (exact) mass is 713 g/mol. The van der Waals surface area contributed by atoms with Gasteiger partial charge >= 0.3 is 6.18 Å². The van der Waals surface area contributed by atoms with Crippen molar-refractivity contribution in [3.63, 3.8) is 0 Å². The van der Waals surface area contributed by atoms with Crippen molar-refractivity contribution in [2.45, 2.75) is 50.6 Å². The molecule has 8 nitrogen and oxygen atoms in total. The predicted octanol–water partition coefficient (Wildman–Crippen LogP) is 6.37. The average Bonchev–Trinajstić information content (AvgIpc) is 3.53. The molecule has 0 unspecified atom stereocenters. The first-order valence-corrected chi connectivity index (χ1v) is 15.1. The number of rotatable bonds is 8. The summed E-state index contributed by atoms with van der Waals surface area (Å²) in [5.74, 6) is -0.395. The fourth-order valence-electron chi connectivity index (χ4n) is 6.89. The summed E-state index contributed by atoms with van der Waals surface area (Å²) in [6, 6.07) is 27.3. The zero-order valence-electron chi connectivity index (χ0n) is 26.5. The van der Waals surface area contributed by atoms with Crippen LogP contribution in [-0.4, -0.2) is 92.9 Å². The maximum absolute atomic E-state index is 13.6. The average molecular weight is 715 g/mol. The molecule has 2 saturated heterocycles. The first kappa shape index (κ1) is 38.5. The third-order valence-corrected chi connectivity index (χ3v) is 8.96. The topological polar surface area (TPSA) is 62.6 Å². The predicted molar refractivity (Wildman–Crippen MR) is 183 cm³/mol. The minimum atomic E-state index is -4.68. The van der Waals surface area contributed by atoms with Crippen LogP contribution in [0.4, 0.5) is 13.2 Å². The number of piperazine rings is 2. The number of hydrogen-bond acceptors (Lipinski definition) is 7. The molecule has 2 atom stereocenters. The van der Waals surface area contributed by atoms with Crippen LogP contribution in [0.15, 0.2) is 78.9 Å². The normalized spacial score (nSPS) is 19.0. The van der Waals surface area contributed by atoms with Crippen LogP contribution in [0.2, 0.25) is 0 Å². The molecule has 0 amide bonds. The Morgan fingerprint density at radius 1 is 0.851 bits per heavy atom. The molecule has 0 bridgehead atoms. The lowest BCUT2D eigenvalue weighted by molar-refractivity contribution is -0.146. The fraction of sp³-hybridized carbons (Fsp3) is 0.424. The molecule has 1 aromatic heterocycles. The van der Waals surface area contributed by atoms with Crippen LogP contribution in [0.1, 0.15) is 42.3 Å². The van der Waals surface area contributed by atoms with Crippen LogP contribution in [0, 0.1) is 0 Å². The van der Waals surface area contributed by atoms with E-state index < -0.39 is 12.0 Å². The molecular formula is C33H41Cl3F3N7O. The Balaban J connectivity index is 0.00000200. The van der Waals surface area contributed by atoms with Crippen LogP contribution in [0.5, 0.6) is 5.75 Å². The first-order chi connectivity index (χ1) is 21.2. The molecule has 0 N–H and O–H groups in total. The number of fused-ring (bicyclic) bond motifs is 1. The van der Waals surface area contributed by atoms with Gasteiger partial charge in [0.1, 0.15) is 5.75 Å². The number of ether oxygens (including phenoxy) is 1. The minimum Gasteiger partial charge on any atom is -0.496 e. The molecule has 2 fully saturated rings. The van der Waals surface area contributed by atoms with Crippen molar-refractivity contribution in [1.82, 2.24) is 34.9 Å². The summed E-state index contributed by atoms with van der Waals surface area (Å²) in [6.45, 7) is 9.59. The maximum Gasteiger partial charge on any atom is 0.453 e. The lowest BCUT2D eigenvalue weighted by Gasteiger charge is -2.54.